The van der Waals surface area contributed by atoms with E-state index in [9.17, 15) is 9.18 Å². The predicted octanol–water partition coefficient (Wildman–Crippen LogP) is 4.61. The first-order valence-electron chi connectivity index (χ1n) is 11.0. The second kappa shape index (κ2) is 10.4. The zero-order valence-corrected chi connectivity index (χ0v) is 18.2. The molecule has 1 saturated heterocycles. The lowest BCUT2D eigenvalue weighted by molar-refractivity contribution is 0.0871. The van der Waals surface area contributed by atoms with E-state index in [0.29, 0.717) is 23.4 Å². The SMILES string of the molecule is COc1ccccc1C(=O)NC(c1ccccn1)C1CCCN(Cc2ccccc2F)C1. The van der Waals surface area contributed by atoms with Crippen LogP contribution in [0.15, 0.2) is 72.9 Å². The van der Waals surface area contributed by atoms with Crippen LogP contribution in [0.25, 0.3) is 0 Å². The van der Waals surface area contributed by atoms with Crippen molar-refractivity contribution in [2.24, 2.45) is 5.92 Å². The third-order valence-electron chi connectivity index (χ3n) is 6.01. The van der Waals surface area contributed by atoms with Crippen molar-refractivity contribution >= 4 is 5.91 Å². The summed E-state index contributed by atoms with van der Waals surface area (Å²) in [5.41, 5.74) is 2.02. The molecule has 3 aromatic rings. The summed E-state index contributed by atoms with van der Waals surface area (Å²) in [6.45, 7) is 2.21. The van der Waals surface area contributed by atoms with E-state index in [4.69, 9.17) is 4.74 Å². The summed E-state index contributed by atoms with van der Waals surface area (Å²) in [5, 5.41) is 3.21. The number of hydrogen-bond donors (Lipinski definition) is 1. The van der Waals surface area contributed by atoms with Crippen molar-refractivity contribution in [1.29, 1.82) is 0 Å². The highest BCUT2D eigenvalue weighted by atomic mass is 19.1. The van der Waals surface area contributed by atoms with Crippen LogP contribution in [0.3, 0.4) is 0 Å². The molecule has 4 rings (SSSR count). The number of carbonyl (C=O) groups is 1. The average Bonchev–Trinajstić information content (AvgIpc) is 2.84. The van der Waals surface area contributed by atoms with Gasteiger partial charge in [-0.3, -0.25) is 14.7 Å². The smallest absolute Gasteiger partial charge is 0.255 e. The molecule has 2 unspecified atom stereocenters. The van der Waals surface area contributed by atoms with Crippen molar-refractivity contribution in [1.82, 2.24) is 15.2 Å². The van der Waals surface area contributed by atoms with Crippen molar-refractivity contribution < 1.29 is 13.9 Å². The van der Waals surface area contributed by atoms with E-state index < -0.39 is 0 Å². The zero-order chi connectivity index (χ0) is 22.3. The normalized spacial score (nSPS) is 17.5. The first-order chi connectivity index (χ1) is 15.7. The fourth-order valence-electron chi connectivity index (χ4n) is 4.42. The number of halogens is 1. The molecular formula is C26H28FN3O2. The highest BCUT2D eigenvalue weighted by Crippen LogP contribution is 2.31. The molecule has 1 aromatic heterocycles. The van der Waals surface area contributed by atoms with Crippen LogP contribution >= 0.6 is 0 Å². The van der Waals surface area contributed by atoms with E-state index in [1.807, 2.05) is 42.5 Å². The van der Waals surface area contributed by atoms with Crippen molar-refractivity contribution in [2.45, 2.75) is 25.4 Å². The van der Waals surface area contributed by atoms with Gasteiger partial charge in [0.2, 0.25) is 0 Å². The van der Waals surface area contributed by atoms with Gasteiger partial charge in [0.05, 0.1) is 24.4 Å². The van der Waals surface area contributed by atoms with Gasteiger partial charge >= 0.3 is 0 Å². The first kappa shape index (κ1) is 22.0. The summed E-state index contributed by atoms with van der Waals surface area (Å²) >= 11 is 0. The Bertz CT molecular complexity index is 1040. The van der Waals surface area contributed by atoms with E-state index >= 15 is 0 Å². The summed E-state index contributed by atoms with van der Waals surface area (Å²) in [5.74, 6) is 0.323. The molecule has 1 amide bonds. The monoisotopic (exact) mass is 433 g/mol. The zero-order valence-electron chi connectivity index (χ0n) is 18.2. The van der Waals surface area contributed by atoms with Crippen LogP contribution in [-0.2, 0) is 6.54 Å². The number of likely N-dealkylation sites (tertiary alicyclic amines) is 1. The summed E-state index contributed by atoms with van der Waals surface area (Å²) in [6, 6.07) is 19.6. The lowest BCUT2D eigenvalue weighted by Crippen LogP contribution is -2.43. The van der Waals surface area contributed by atoms with Crippen molar-refractivity contribution in [3.8, 4) is 5.75 Å². The minimum Gasteiger partial charge on any atom is -0.496 e. The van der Waals surface area contributed by atoms with E-state index in [1.165, 1.54) is 6.07 Å². The molecule has 2 aromatic carbocycles. The Balaban J connectivity index is 1.55. The topological polar surface area (TPSA) is 54.5 Å². The summed E-state index contributed by atoms with van der Waals surface area (Å²) in [4.78, 5) is 20.0. The molecule has 0 spiro atoms. The highest BCUT2D eigenvalue weighted by molar-refractivity contribution is 5.97. The van der Waals surface area contributed by atoms with E-state index in [0.717, 1.165) is 31.6 Å². The number of pyridine rings is 1. The van der Waals surface area contributed by atoms with E-state index in [-0.39, 0.29) is 23.7 Å². The molecule has 166 valence electrons. The largest absolute Gasteiger partial charge is 0.496 e. The molecular weight excluding hydrogens is 405 g/mol. The van der Waals surface area contributed by atoms with Crippen LogP contribution < -0.4 is 10.1 Å². The Kier molecular flexibility index (Phi) is 7.12. The Morgan fingerprint density at radius 1 is 1.16 bits per heavy atom. The van der Waals surface area contributed by atoms with Gasteiger partial charge in [-0.15, -0.1) is 0 Å². The fourth-order valence-corrected chi connectivity index (χ4v) is 4.42. The number of rotatable bonds is 7. The number of nitrogens with zero attached hydrogens (tertiary/aromatic N) is 2. The first-order valence-corrected chi connectivity index (χ1v) is 11.0. The van der Waals surface area contributed by atoms with Gasteiger partial charge in [0, 0.05) is 24.8 Å². The summed E-state index contributed by atoms with van der Waals surface area (Å²) in [6.07, 6.45) is 3.69. The maximum absolute atomic E-state index is 14.2. The quantitative estimate of drug-likeness (QED) is 0.591. The summed E-state index contributed by atoms with van der Waals surface area (Å²) < 4.78 is 19.6. The van der Waals surface area contributed by atoms with Crippen LogP contribution in [0, 0.1) is 11.7 Å². The lowest BCUT2D eigenvalue weighted by Gasteiger charge is -2.37. The van der Waals surface area contributed by atoms with Crippen LogP contribution in [0.2, 0.25) is 0 Å². The Labute approximate surface area is 188 Å². The number of para-hydroxylation sites is 1. The molecule has 1 aliphatic heterocycles. The molecule has 6 heteroatoms. The lowest BCUT2D eigenvalue weighted by atomic mass is 9.88. The van der Waals surface area contributed by atoms with Gasteiger partial charge in [-0.05, 0) is 55.6 Å². The molecule has 0 radical (unpaired) electrons. The van der Waals surface area contributed by atoms with Crippen LogP contribution in [0.5, 0.6) is 5.75 Å². The highest BCUT2D eigenvalue weighted by Gasteiger charge is 2.31. The Hall–Kier alpha value is -3.25. The fraction of sp³-hybridized carbons (Fsp3) is 0.308. The maximum atomic E-state index is 14.2. The van der Waals surface area contributed by atoms with Crippen molar-refractivity contribution in [3.05, 3.63) is 95.6 Å². The number of methoxy groups -OCH3 is 1. The van der Waals surface area contributed by atoms with Crippen LogP contribution in [0.1, 0.15) is 40.5 Å². The number of nitrogens with one attached hydrogen (secondary N) is 1. The predicted molar refractivity (Wildman–Crippen MR) is 122 cm³/mol. The van der Waals surface area contributed by atoms with Crippen molar-refractivity contribution in [2.75, 3.05) is 20.2 Å². The van der Waals surface area contributed by atoms with Gasteiger partial charge in [-0.25, -0.2) is 4.39 Å². The van der Waals surface area contributed by atoms with Crippen LogP contribution in [-0.4, -0.2) is 36.0 Å². The van der Waals surface area contributed by atoms with Crippen LogP contribution in [0.4, 0.5) is 4.39 Å². The molecule has 0 saturated carbocycles. The average molecular weight is 434 g/mol. The molecule has 1 aliphatic rings. The van der Waals surface area contributed by atoms with Gasteiger partial charge in [0.1, 0.15) is 11.6 Å². The van der Waals surface area contributed by atoms with Gasteiger partial charge in [0.25, 0.3) is 5.91 Å². The number of carbonyl (C=O) groups excluding carboxylic acids is 1. The number of ether oxygens (including phenoxy) is 1. The third-order valence-corrected chi connectivity index (χ3v) is 6.01. The Morgan fingerprint density at radius 2 is 1.94 bits per heavy atom. The standard InChI is InChI=1S/C26H28FN3O2/c1-32-24-14-5-3-11-21(24)26(31)29-25(23-13-6-7-15-28-23)20-10-8-16-30(18-20)17-19-9-2-4-12-22(19)27/h2-7,9,11-15,20,25H,8,10,16-18H2,1H3,(H,29,31). The molecule has 2 atom stereocenters. The number of hydrogen-bond acceptors (Lipinski definition) is 4. The minimum absolute atomic E-state index is 0.157. The minimum atomic E-state index is -0.253. The molecule has 5 nitrogen and oxygen atoms in total. The Morgan fingerprint density at radius 3 is 2.72 bits per heavy atom. The molecule has 32 heavy (non-hydrogen) atoms. The van der Waals surface area contributed by atoms with Gasteiger partial charge in [-0.1, -0.05) is 36.4 Å². The summed E-state index contributed by atoms with van der Waals surface area (Å²) in [7, 11) is 1.56. The maximum Gasteiger partial charge on any atom is 0.255 e. The number of piperidine rings is 1. The molecule has 1 N–H and O–H groups in total. The number of benzene rings is 2. The molecule has 2 heterocycles. The number of aromatic nitrogens is 1. The molecule has 1 fully saturated rings. The van der Waals surface area contributed by atoms with E-state index in [2.05, 4.69) is 15.2 Å². The van der Waals surface area contributed by atoms with Gasteiger partial charge < -0.3 is 10.1 Å². The number of amides is 1. The second-order valence-corrected chi connectivity index (χ2v) is 8.13. The third kappa shape index (κ3) is 5.14. The molecule has 0 aliphatic carbocycles. The van der Waals surface area contributed by atoms with Gasteiger partial charge in [0.15, 0.2) is 0 Å². The molecule has 0 bridgehead atoms. The van der Waals surface area contributed by atoms with Crippen molar-refractivity contribution in [3.63, 3.8) is 0 Å². The second-order valence-electron chi connectivity index (χ2n) is 8.13. The van der Waals surface area contributed by atoms with Gasteiger partial charge in [-0.2, -0.15) is 0 Å². The van der Waals surface area contributed by atoms with E-state index in [1.54, 1.807) is 31.5 Å².